The predicted molar refractivity (Wildman–Crippen MR) is 133 cm³/mol. The van der Waals surface area contributed by atoms with E-state index in [-0.39, 0.29) is 11.4 Å². The molecule has 0 aromatic heterocycles. The fourth-order valence-corrected chi connectivity index (χ4v) is 5.34. The summed E-state index contributed by atoms with van der Waals surface area (Å²) in [6.45, 7) is 7.84. The van der Waals surface area contributed by atoms with Crippen LogP contribution in [-0.4, -0.2) is 64.8 Å². The maximum absolute atomic E-state index is 13.8. The highest BCUT2D eigenvalue weighted by Crippen LogP contribution is 2.47. The minimum Gasteiger partial charge on any atom is -0.462 e. The van der Waals surface area contributed by atoms with Crippen LogP contribution >= 0.6 is 7.75 Å². The molecule has 2 heterocycles. The molecule has 1 unspecified atom stereocenters. The minimum atomic E-state index is -4.33. The largest absolute Gasteiger partial charge is 0.462 e. The number of esters is 1. The van der Waals surface area contributed by atoms with Crippen LogP contribution in [0.3, 0.4) is 0 Å². The Kier molecular flexibility index (Phi) is 8.97. The normalized spacial score (nSPS) is 29.8. The van der Waals surface area contributed by atoms with E-state index in [4.69, 9.17) is 24.9 Å². The Labute approximate surface area is 215 Å². The SMILES string of the molecule is C#C[C@]1(CO[P@@](=O)(N[C@@H](C)C(=O)OC(C)C)Oc2ccccc2)O[C@@H](C2C=CC(=O)NC2=C)[C@H](O)[C@@H]1O. The van der Waals surface area contributed by atoms with Crippen LogP contribution in [0, 0.1) is 18.3 Å². The predicted octanol–water partition coefficient (Wildman–Crippen LogP) is 1.43. The zero-order valence-corrected chi connectivity index (χ0v) is 21.6. The third kappa shape index (κ3) is 6.67. The van der Waals surface area contributed by atoms with Crippen molar-refractivity contribution in [2.24, 2.45) is 5.92 Å². The quantitative estimate of drug-likeness (QED) is 0.197. The summed E-state index contributed by atoms with van der Waals surface area (Å²) in [5.74, 6) is 0.676. The first kappa shape index (κ1) is 28.6. The highest BCUT2D eigenvalue weighted by atomic mass is 31.2. The van der Waals surface area contributed by atoms with E-state index in [1.54, 1.807) is 32.0 Å². The summed E-state index contributed by atoms with van der Waals surface area (Å²) in [6, 6.07) is 6.97. The van der Waals surface area contributed by atoms with Crippen LogP contribution in [0.1, 0.15) is 20.8 Å². The van der Waals surface area contributed by atoms with E-state index < -0.39 is 68.2 Å². The second-order valence-electron chi connectivity index (χ2n) is 8.96. The van der Waals surface area contributed by atoms with Gasteiger partial charge in [-0.15, -0.1) is 6.42 Å². The number of hydrogen-bond donors (Lipinski definition) is 4. The van der Waals surface area contributed by atoms with Crippen LogP contribution in [0.4, 0.5) is 0 Å². The molecule has 1 aromatic carbocycles. The number of benzene rings is 1. The highest BCUT2D eigenvalue weighted by molar-refractivity contribution is 7.52. The standard InChI is InChI=1S/C25H31N2O9P/c1-6-25(23(30)21(29)22(35-25)19-12-13-20(28)26-16(19)4)14-33-37(32,36-18-10-8-7-9-11-18)27-17(5)24(31)34-15(2)3/h1,7-13,15,17,19,21-23,29-30H,4,14H2,2-3,5H3,(H,26,28)(H,27,32)/t17-,19?,21-,22-,23-,25+,37-/m0/s1. The van der Waals surface area contributed by atoms with Crippen LogP contribution < -0.4 is 14.9 Å². The molecule has 2 aliphatic rings. The van der Waals surface area contributed by atoms with Crippen molar-refractivity contribution in [2.75, 3.05) is 6.61 Å². The van der Waals surface area contributed by atoms with E-state index in [1.807, 2.05) is 0 Å². The number of ether oxygens (including phenoxy) is 2. The first-order valence-corrected chi connectivity index (χ1v) is 13.1. The maximum Gasteiger partial charge on any atom is 0.459 e. The molecule has 2 aliphatic heterocycles. The first-order valence-electron chi connectivity index (χ1n) is 11.6. The Morgan fingerprint density at radius 1 is 1.32 bits per heavy atom. The minimum absolute atomic E-state index is 0.169. The number of nitrogens with one attached hydrogen (secondary N) is 2. The number of aliphatic hydroxyl groups excluding tert-OH is 2. The lowest BCUT2D eigenvalue weighted by molar-refractivity contribution is -0.149. The van der Waals surface area contributed by atoms with Gasteiger partial charge < -0.3 is 29.5 Å². The van der Waals surface area contributed by atoms with Crippen molar-refractivity contribution in [2.45, 2.75) is 56.8 Å². The number of terminal acetylenes is 1. The van der Waals surface area contributed by atoms with Crippen molar-refractivity contribution in [3.05, 3.63) is 54.8 Å². The topological polar surface area (TPSA) is 153 Å². The van der Waals surface area contributed by atoms with Gasteiger partial charge in [-0.05, 0) is 32.9 Å². The molecule has 37 heavy (non-hydrogen) atoms. The average Bonchev–Trinajstić information content (AvgIpc) is 3.08. The average molecular weight is 535 g/mol. The Bertz CT molecular complexity index is 1130. The fraction of sp³-hybridized carbons (Fsp3) is 0.440. The number of carbonyl (C=O) groups is 2. The molecule has 0 bridgehead atoms. The van der Waals surface area contributed by atoms with Gasteiger partial charge in [-0.3, -0.25) is 14.1 Å². The highest BCUT2D eigenvalue weighted by Gasteiger charge is 2.57. The lowest BCUT2D eigenvalue weighted by Gasteiger charge is -2.30. The smallest absolute Gasteiger partial charge is 0.459 e. The van der Waals surface area contributed by atoms with Gasteiger partial charge in [0.05, 0.1) is 6.10 Å². The molecular weight excluding hydrogens is 503 g/mol. The summed E-state index contributed by atoms with van der Waals surface area (Å²) >= 11 is 0. The molecule has 0 radical (unpaired) electrons. The van der Waals surface area contributed by atoms with Crippen molar-refractivity contribution in [1.29, 1.82) is 0 Å². The number of rotatable bonds is 10. The summed E-state index contributed by atoms with van der Waals surface area (Å²) in [7, 11) is -4.33. The Balaban J connectivity index is 1.83. The van der Waals surface area contributed by atoms with Crippen LogP contribution in [-0.2, 0) is 28.2 Å². The molecule has 7 atom stereocenters. The van der Waals surface area contributed by atoms with Gasteiger partial charge in [0.1, 0.15) is 36.7 Å². The molecule has 0 spiro atoms. The lowest BCUT2D eigenvalue weighted by atomic mass is 9.89. The zero-order chi connectivity index (χ0) is 27.4. The first-order chi connectivity index (χ1) is 17.4. The number of amides is 1. The van der Waals surface area contributed by atoms with Crippen molar-refractivity contribution >= 4 is 19.6 Å². The molecule has 4 N–H and O–H groups in total. The Morgan fingerprint density at radius 2 is 2.00 bits per heavy atom. The van der Waals surface area contributed by atoms with Crippen LogP contribution in [0.2, 0.25) is 0 Å². The molecule has 1 fully saturated rings. The summed E-state index contributed by atoms with van der Waals surface area (Å²) in [6.07, 6.45) is 3.75. The van der Waals surface area contributed by atoms with Gasteiger partial charge in [-0.1, -0.05) is 36.8 Å². The summed E-state index contributed by atoms with van der Waals surface area (Å²) in [5.41, 5.74) is -1.70. The van der Waals surface area contributed by atoms with E-state index in [0.717, 1.165) is 0 Å². The van der Waals surface area contributed by atoms with Crippen LogP contribution in [0.15, 0.2) is 54.8 Å². The van der Waals surface area contributed by atoms with E-state index in [1.165, 1.54) is 31.2 Å². The molecule has 0 aliphatic carbocycles. The summed E-state index contributed by atoms with van der Waals surface area (Å²) in [5, 5.41) is 26.6. The molecule has 1 saturated heterocycles. The number of para-hydroxylation sites is 1. The molecule has 1 amide bonds. The van der Waals surface area contributed by atoms with Gasteiger partial charge >= 0.3 is 13.7 Å². The zero-order valence-electron chi connectivity index (χ0n) is 20.7. The van der Waals surface area contributed by atoms with Gasteiger partial charge in [0, 0.05) is 17.7 Å². The molecule has 3 rings (SSSR count). The van der Waals surface area contributed by atoms with Crippen molar-refractivity contribution < 1.29 is 42.9 Å². The van der Waals surface area contributed by atoms with Gasteiger partial charge in [0.2, 0.25) is 5.91 Å². The second kappa shape index (κ2) is 11.6. The van der Waals surface area contributed by atoms with Gasteiger partial charge in [0.15, 0.2) is 5.60 Å². The Morgan fingerprint density at radius 3 is 2.59 bits per heavy atom. The second-order valence-corrected chi connectivity index (χ2v) is 10.7. The maximum atomic E-state index is 13.8. The molecule has 200 valence electrons. The molecule has 11 nitrogen and oxygen atoms in total. The number of aliphatic hydroxyl groups is 2. The molecule has 12 heteroatoms. The summed E-state index contributed by atoms with van der Waals surface area (Å²) in [4.78, 5) is 23.9. The van der Waals surface area contributed by atoms with Crippen molar-refractivity contribution in [3.63, 3.8) is 0 Å². The van der Waals surface area contributed by atoms with Gasteiger partial charge in [-0.2, -0.15) is 5.09 Å². The number of hydrogen-bond acceptors (Lipinski definition) is 9. The molecular formula is C25H31N2O9P. The fourth-order valence-electron chi connectivity index (χ4n) is 3.82. The summed E-state index contributed by atoms with van der Waals surface area (Å²) < 4.78 is 36.0. The van der Waals surface area contributed by atoms with E-state index in [0.29, 0.717) is 0 Å². The van der Waals surface area contributed by atoms with Gasteiger partial charge in [-0.25, -0.2) is 4.57 Å². The van der Waals surface area contributed by atoms with E-state index in [9.17, 15) is 24.4 Å². The Hall–Kier alpha value is -2.97. The molecule has 1 aromatic rings. The van der Waals surface area contributed by atoms with Crippen LogP contribution in [0.25, 0.3) is 0 Å². The third-order valence-electron chi connectivity index (χ3n) is 5.70. The molecule has 0 saturated carbocycles. The third-order valence-corrected chi connectivity index (χ3v) is 7.32. The van der Waals surface area contributed by atoms with E-state index in [2.05, 4.69) is 22.9 Å². The van der Waals surface area contributed by atoms with Crippen molar-refractivity contribution in [1.82, 2.24) is 10.4 Å². The number of carbonyl (C=O) groups excluding carboxylic acids is 2. The monoisotopic (exact) mass is 534 g/mol. The van der Waals surface area contributed by atoms with Gasteiger partial charge in [0.25, 0.3) is 0 Å². The van der Waals surface area contributed by atoms with E-state index >= 15 is 0 Å². The lowest BCUT2D eigenvalue weighted by Crippen LogP contribution is -2.46. The van der Waals surface area contributed by atoms with Crippen molar-refractivity contribution in [3.8, 4) is 18.1 Å². The van der Waals surface area contributed by atoms with Crippen LogP contribution in [0.5, 0.6) is 5.75 Å².